The van der Waals surface area contributed by atoms with Gasteiger partial charge in [0.1, 0.15) is 5.69 Å². The van der Waals surface area contributed by atoms with Crippen molar-refractivity contribution in [1.82, 2.24) is 0 Å². The van der Waals surface area contributed by atoms with E-state index in [0.717, 1.165) is 12.0 Å². The van der Waals surface area contributed by atoms with E-state index in [1.54, 1.807) is 19.2 Å². The van der Waals surface area contributed by atoms with Gasteiger partial charge in [0.25, 0.3) is 5.69 Å². The lowest BCUT2D eigenvalue weighted by molar-refractivity contribution is -0.383. The SMILES string of the molecule is CNc1cc(CCCO)ccc1[N+](=O)[O-]. The minimum absolute atomic E-state index is 0.0743. The predicted molar refractivity (Wildman–Crippen MR) is 58.0 cm³/mol. The number of nitro benzene ring substituents is 1. The van der Waals surface area contributed by atoms with Gasteiger partial charge >= 0.3 is 0 Å². The first kappa shape index (κ1) is 11.5. The van der Waals surface area contributed by atoms with Gasteiger partial charge in [0.15, 0.2) is 0 Å². The molecule has 0 fully saturated rings. The van der Waals surface area contributed by atoms with E-state index < -0.39 is 4.92 Å². The number of hydrogen-bond donors (Lipinski definition) is 2. The van der Waals surface area contributed by atoms with Crippen LogP contribution in [0.3, 0.4) is 0 Å². The Balaban J connectivity index is 2.92. The van der Waals surface area contributed by atoms with E-state index >= 15 is 0 Å². The van der Waals surface area contributed by atoms with Gasteiger partial charge in [-0.15, -0.1) is 0 Å². The van der Waals surface area contributed by atoms with Gasteiger partial charge in [-0.3, -0.25) is 10.1 Å². The third kappa shape index (κ3) is 2.92. The van der Waals surface area contributed by atoms with Crippen LogP contribution >= 0.6 is 0 Å². The summed E-state index contributed by atoms with van der Waals surface area (Å²) in [6.07, 6.45) is 1.39. The monoisotopic (exact) mass is 210 g/mol. The van der Waals surface area contributed by atoms with Gasteiger partial charge in [-0.05, 0) is 24.5 Å². The molecule has 82 valence electrons. The molecule has 0 unspecified atom stereocenters. The van der Waals surface area contributed by atoms with E-state index in [-0.39, 0.29) is 12.3 Å². The normalized spacial score (nSPS) is 10.0. The molecule has 0 aromatic heterocycles. The summed E-state index contributed by atoms with van der Waals surface area (Å²) in [6.45, 7) is 0.131. The molecule has 2 N–H and O–H groups in total. The fourth-order valence-electron chi connectivity index (χ4n) is 1.38. The Morgan fingerprint density at radius 3 is 2.80 bits per heavy atom. The number of nitrogens with zero attached hydrogens (tertiary/aromatic N) is 1. The minimum atomic E-state index is -0.415. The fraction of sp³-hybridized carbons (Fsp3) is 0.400. The molecule has 0 radical (unpaired) electrons. The summed E-state index contributed by atoms with van der Waals surface area (Å²) in [5.74, 6) is 0. The molecule has 0 aliphatic carbocycles. The maximum Gasteiger partial charge on any atom is 0.292 e. The van der Waals surface area contributed by atoms with Crippen LogP contribution in [0.5, 0.6) is 0 Å². The van der Waals surface area contributed by atoms with Crippen LogP contribution in [0.25, 0.3) is 0 Å². The molecule has 0 aliphatic heterocycles. The molecule has 0 saturated heterocycles. The molecular formula is C10H14N2O3. The van der Waals surface area contributed by atoms with Crippen LogP contribution in [0.4, 0.5) is 11.4 Å². The van der Waals surface area contributed by atoms with E-state index in [4.69, 9.17) is 5.11 Å². The average Bonchev–Trinajstić information content (AvgIpc) is 2.25. The Labute approximate surface area is 87.9 Å². The first-order chi connectivity index (χ1) is 7.19. The van der Waals surface area contributed by atoms with Gasteiger partial charge in [-0.25, -0.2) is 0 Å². The zero-order valence-electron chi connectivity index (χ0n) is 8.56. The Morgan fingerprint density at radius 1 is 1.53 bits per heavy atom. The van der Waals surface area contributed by atoms with E-state index in [1.165, 1.54) is 6.07 Å². The second kappa shape index (κ2) is 5.31. The van der Waals surface area contributed by atoms with Gasteiger partial charge in [0.05, 0.1) is 4.92 Å². The molecule has 1 aromatic carbocycles. The fourth-order valence-corrected chi connectivity index (χ4v) is 1.38. The second-order valence-electron chi connectivity index (χ2n) is 3.19. The molecule has 0 bridgehead atoms. The summed E-state index contributed by atoms with van der Waals surface area (Å²) in [7, 11) is 1.65. The van der Waals surface area contributed by atoms with E-state index in [2.05, 4.69) is 5.32 Å². The summed E-state index contributed by atoms with van der Waals surface area (Å²) in [5, 5.41) is 22.1. The molecule has 1 rings (SSSR count). The molecule has 1 aromatic rings. The van der Waals surface area contributed by atoms with Crippen molar-refractivity contribution >= 4 is 11.4 Å². The summed E-state index contributed by atoms with van der Waals surface area (Å²) in [6, 6.07) is 4.95. The highest BCUT2D eigenvalue weighted by molar-refractivity contribution is 5.62. The highest BCUT2D eigenvalue weighted by Crippen LogP contribution is 2.25. The molecule has 0 spiro atoms. The second-order valence-corrected chi connectivity index (χ2v) is 3.19. The van der Waals surface area contributed by atoms with Crippen molar-refractivity contribution in [1.29, 1.82) is 0 Å². The lowest BCUT2D eigenvalue weighted by Gasteiger charge is -2.05. The lowest BCUT2D eigenvalue weighted by atomic mass is 10.1. The van der Waals surface area contributed by atoms with Crippen LogP contribution < -0.4 is 5.32 Å². The van der Waals surface area contributed by atoms with Gasteiger partial charge in [-0.1, -0.05) is 6.07 Å². The quantitative estimate of drug-likeness (QED) is 0.571. The van der Waals surface area contributed by atoms with Crippen LogP contribution in [0.2, 0.25) is 0 Å². The molecule has 0 amide bonds. The van der Waals surface area contributed by atoms with Crippen LogP contribution in [0.1, 0.15) is 12.0 Å². The maximum absolute atomic E-state index is 10.6. The number of aliphatic hydroxyl groups excluding tert-OH is 1. The van der Waals surface area contributed by atoms with Crippen molar-refractivity contribution in [3.63, 3.8) is 0 Å². The Hall–Kier alpha value is -1.62. The number of benzene rings is 1. The molecule has 0 saturated carbocycles. The number of aryl methyl sites for hydroxylation is 1. The summed E-state index contributed by atoms with van der Waals surface area (Å²) in [4.78, 5) is 10.2. The van der Waals surface area contributed by atoms with E-state index in [1.807, 2.05) is 0 Å². The summed E-state index contributed by atoms with van der Waals surface area (Å²) >= 11 is 0. The molecule has 15 heavy (non-hydrogen) atoms. The lowest BCUT2D eigenvalue weighted by Crippen LogP contribution is -1.98. The number of aliphatic hydroxyl groups is 1. The van der Waals surface area contributed by atoms with E-state index in [9.17, 15) is 10.1 Å². The van der Waals surface area contributed by atoms with Crippen molar-refractivity contribution in [2.75, 3.05) is 19.0 Å². The van der Waals surface area contributed by atoms with Crippen LogP contribution in [0, 0.1) is 10.1 Å². The molecule has 5 heteroatoms. The number of rotatable bonds is 5. The molecule has 0 heterocycles. The molecular weight excluding hydrogens is 196 g/mol. The Morgan fingerprint density at radius 2 is 2.27 bits per heavy atom. The average molecular weight is 210 g/mol. The highest BCUT2D eigenvalue weighted by atomic mass is 16.6. The number of anilines is 1. The first-order valence-electron chi connectivity index (χ1n) is 4.75. The number of hydrogen-bond acceptors (Lipinski definition) is 4. The van der Waals surface area contributed by atoms with Crippen molar-refractivity contribution in [3.8, 4) is 0 Å². The van der Waals surface area contributed by atoms with Gasteiger partial charge < -0.3 is 10.4 Å². The third-order valence-corrected chi connectivity index (χ3v) is 2.15. The van der Waals surface area contributed by atoms with Gasteiger partial charge in [0, 0.05) is 19.7 Å². The summed E-state index contributed by atoms with van der Waals surface area (Å²) < 4.78 is 0. The molecule has 0 aliphatic rings. The van der Waals surface area contributed by atoms with Crippen molar-refractivity contribution in [3.05, 3.63) is 33.9 Å². The molecule has 0 atom stereocenters. The van der Waals surface area contributed by atoms with Crippen LogP contribution in [-0.4, -0.2) is 23.7 Å². The van der Waals surface area contributed by atoms with Crippen molar-refractivity contribution < 1.29 is 10.0 Å². The topological polar surface area (TPSA) is 75.4 Å². The van der Waals surface area contributed by atoms with E-state index in [0.29, 0.717) is 12.1 Å². The number of nitrogens with one attached hydrogen (secondary N) is 1. The first-order valence-corrected chi connectivity index (χ1v) is 4.75. The van der Waals surface area contributed by atoms with Crippen molar-refractivity contribution in [2.24, 2.45) is 0 Å². The largest absolute Gasteiger partial charge is 0.396 e. The summed E-state index contributed by atoms with van der Waals surface area (Å²) in [5.41, 5.74) is 1.57. The number of nitro groups is 1. The third-order valence-electron chi connectivity index (χ3n) is 2.15. The van der Waals surface area contributed by atoms with Crippen LogP contribution in [0.15, 0.2) is 18.2 Å². The van der Waals surface area contributed by atoms with Gasteiger partial charge in [0.2, 0.25) is 0 Å². The standard InChI is InChI=1S/C10H14N2O3/c1-11-9-7-8(3-2-6-13)4-5-10(9)12(14)15/h4-5,7,11,13H,2-3,6H2,1H3. The van der Waals surface area contributed by atoms with Crippen molar-refractivity contribution in [2.45, 2.75) is 12.8 Å². The zero-order chi connectivity index (χ0) is 11.3. The smallest absolute Gasteiger partial charge is 0.292 e. The highest BCUT2D eigenvalue weighted by Gasteiger charge is 2.12. The van der Waals surface area contributed by atoms with Crippen LogP contribution in [-0.2, 0) is 6.42 Å². The van der Waals surface area contributed by atoms with Gasteiger partial charge in [-0.2, -0.15) is 0 Å². The molecule has 5 nitrogen and oxygen atoms in total. The Bertz CT molecular complexity index is 353. The zero-order valence-corrected chi connectivity index (χ0v) is 8.56. The Kier molecular flexibility index (Phi) is 4.05. The minimum Gasteiger partial charge on any atom is -0.396 e. The maximum atomic E-state index is 10.6. The predicted octanol–water partition coefficient (Wildman–Crippen LogP) is 1.56.